The Morgan fingerprint density at radius 1 is 1.33 bits per heavy atom. The molecule has 0 radical (unpaired) electrons. The summed E-state index contributed by atoms with van der Waals surface area (Å²) in [7, 11) is 0. The van der Waals surface area contributed by atoms with Gasteiger partial charge >= 0.3 is 0 Å². The van der Waals surface area contributed by atoms with Crippen LogP contribution in [0.15, 0.2) is 18.2 Å². The molecule has 0 N–H and O–H groups in total. The lowest BCUT2D eigenvalue weighted by atomic mass is 9.86. The van der Waals surface area contributed by atoms with E-state index in [1.165, 1.54) is 12.1 Å². The van der Waals surface area contributed by atoms with Gasteiger partial charge in [-0.15, -0.1) is 11.6 Å². The first kappa shape index (κ1) is 15.3. The third kappa shape index (κ3) is 3.85. The van der Waals surface area contributed by atoms with Gasteiger partial charge in [0, 0.05) is 22.0 Å². The van der Waals surface area contributed by atoms with Crippen molar-refractivity contribution in [3.63, 3.8) is 0 Å². The normalized spacial score (nSPS) is 14.6. The monoisotopic (exact) mass is 289 g/mol. The van der Waals surface area contributed by atoms with E-state index in [4.69, 9.17) is 23.2 Å². The van der Waals surface area contributed by atoms with Crippen molar-refractivity contribution in [1.82, 2.24) is 0 Å². The fourth-order valence-electron chi connectivity index (χ4n) is 2.08. The van der Waals surface area contributed by atoms with E-state index in [1.807, 2.05) is 6.92 Å². The van der Waals surface area contributed by atoms with Crippen molar-refractivity contribution in [2.75, 3.05) is 0 Å². The van der Waals surface area contributed by atoms with Gasteiger partial charge in [0.05, 0.1) is 4.92 Å². The molecule has 2 unspecified atom stereocenters. The van der Waals surface area contributed by atoms with Crippen molar-refractivity contribution in [2.24, 2.45) is 11.8 Å². The Balaban J connectivity index is 3.08. The lowest BCUT2D eigenvalue weighted by Gasteiger charge is -2.23. The number of alkyl halides is 1. The number of nitro groups is 1. The van der Waals surface area contributed by atoms with Gasteiger partial charge in [0.15, 0.2) is 0 Å². The standard InChI is InChI=1S/C13H17Cl2NO2/c1-8(2)12(9(3)14)7-10-6-11(15)4-5-13(10)16(17)18/h4-6,8-9,12H,7H2,1-3H3. The van der Waals surface area contributed by atoms with Crippen LogP contribution in [0.2, 0.25) is 5.02 Å². The van der Waals surface area contributed by atoms with Crippen molar-refractivity contribution >= 4 is 28.9 Å². The second-order valence-electron chi connectivity index (χ2n) is 4.82. The zero-order valence-corrected chi connectivity index (χ0v) is 12.2. The van der Waals surface area contributed by atoms with Crippen LogP contribution in [0.5, 0.6) is 0 Å². The highest BCUT2D eigenvalue weighted by Gasteiger charge is 2.24. The summed E-state index contributed by atoms with van der Waals surface area (Å²) in [5.41, 5.74) is 0.765. The van der Waals surface area contributed by atoms with E-state index >= 15 is 0 Å². The molecule has 0 bridgehead atoms. The first-order valence-corrected chi connectivity index (χ1v) is 6.71. The summed E-state index contributed by atoms with van der Waals surface area (Å²) in [6.07, 6.45) is 0.569. The topological polar surface area (TPSA) is 43.1 Å². The summed E-state index contributed by atoms with van der Waals surface area (Å²) in [6.45, 7) is 6.06. The van der Waals surface area contributed by atoms with Crippen LogP contribution in [0, 0.1) is 22.0 Å². The molecule has 0 aromatic heterocycles. The van der Waals surface area contributed by atoms with E-state index in [9.17, 15) is 10.1 Å². The maximum Gasteiger partial charge on any atom is 0.272 e. The van der Waals surface area contributed by atoms with Crippen LogP contribution in [-0.2, 0) is 6.42 Å². The minimum atomic E-state index is -0.373. The SMILES string of the molecule is CC(C)C(Cc1cc(Cl)ccc1[N+](=O)[O-])C(C)Cl. The van der Waals surface area contributed by atoms with E-state index in [-0.39, 0.29) is 21.9 Å². The zero-order valence-electron chi connectivity index (χ0n) is 10.7. The molecule has 0 heterocycles. The average molecular weight is 290 g/mol. The summed E-state index contributed by atoms with van der Waals surface area (Å²) >= 11 is 12.1. The number of halogens is 2. The van der Waals surface area contributed by atoms with Crippen LogP contribution < -0.4 is 0 Å². The van der Waals surface area contributed by atoms with Crippen molar-refractivity contribution < 1.29 is 4.92 Å². The van der Waals surface area contributed by atoms with Crippen LogP contribution in [-0.4, -0.2) is 10.3 Å². The zero-order chi connectivity index (χ0) is 13.9. The van der Waals surface area contributed by atoms with Gasteiger partial charge in [-0.1, -0.05) is 25.4 Å². The minimum absolute atomic E-state index is 0.0383. The summed E-state index contributed by atoms with van der Waals surface area (Å²) in [6, 6.07) is 4.65. The predicted octanol–water partition coefficient (Wildman–Crippen LogP) is 4.69. The second kappa shape index (κ2) is 6.39. The molecule has 0 saturated carbocycles. The molecule has 0 spiro atoms. The highest BCUT2D eigenvalue weighted by Crippen LogP contribution is 2.30. The smallest absolute Gasteiger partial charge is 0.258 e. The van der Waals surface area contributed by atoms with Gasteiger partial charge in [-0.2, -0.15) is 0 Å². The number of nitro benzene ring substituents is 1. The van der Waals surface area contributed by atoms with Crippen LogP contribution >= 0.6 is 23.2 Å². The quantitative estimate of drug-likeness (QED) is 0.448. The Kier molecular flexibility index (Phi) is 5.42. The molecule has 1 rings (SSSR count). The highest BCUT2D eigenvalue weighted by molar-refractivity contribution is 6.30. The van der Waals surface area contributed by atoms with Gasteiger partial charge in [-0.25, -0.2) is 0 Å². The highest BCUT2D eigenvalue weighted by atomic mass is 35.5. The van der Waals surface area contributed by atoms with Crippen molar-refractivity contribution in [3.8, 4) is 0 Å². The molecule has 0 saturated heterocycles. The van der Waals surface area contributed by atoms with Crippen molar-refractivity contribution in [3.05, 3.63) is 38.9 Å². The molecule has 1 aromatic rings. The van der Waals surface area contributed by atoms with Crippen molar-refractivity contribution in [2.45, 2.75) is 32.6 Å². The molecule has 0 aliphatic heterocycles. The molecule has 0 fully saturated rings. The number of nitrogens with zero attached hydrogens (tertiary/aromatic N) is 1. The lowest BCUT2D eigenvalue weighted by Crippen LogP contribution is -2.21. The van der Waals surface area contributed by atoms with Gasteiger partial charge in [0.1, 0.15) is 0 Å². The first-order chi connectivity index (χ1) is 8.32. The van der Waals surface area contributed by atoms with E-state index in [0.717, 1.165) is 0 Å². The third-order valence-corrected chi connectivity index (χ3v) is 3.70. The Hall–Kier alpha value is -0.800. The van der Waals surface area contributed by atoms with Crippen LogP contribution in [0.25, 0.3) is 0 Å². The van der Waals surface area contributed by atoms with Gasteiger partial charge in [0.2, 0.25) is 0 Å². The summed E-state index contributed by atoms with van der Waals surface area (Å²) < 4.78 is 0. The Bertz CT molecular complexity index is 425. The number of rotatable bonds is 5. The maximum absolute atomic E-state index is 11.0. The second-order valence-corrected chi connectivity index (χ2v) is 5.94. The fraction of sp³-hybridized carbons (Fsp3) is 0.538. The molecule has 0 aliphatic rings. The molecule has 2 atom stereocenters. The van der Waals surface area contributed by atoms with Gasteiger partial charge in [-0.3, -0.25) is 10.1 Å². The summed E-state index contributed by atoms with van der Waals surface area (Å²) in [5, 5.41) is 11.5. The maximum atomic E-state index is 11.0. The molecule has 1 aromatic carbocycles. The summed E-state index contributed by atoms with van der Waals surface area (Å²) in [4.78, 5) is 10.6. The van der Waals surface area contributed by atoms with Crippen LogP contribution in [0.1, 0.15) is 26.3 Å². The molecule has 5 heteroatoms. The van der Waals surface area contributed by atoms with E-state index < -0.39 is 0 Å². The fourth-order valence-corrected chi connectivity index (χ4v) is 2.65. The Labute approximate surface area is 117 Å². The first-order valence-electron chi connectivity index (χ1n) is 5.89. The van der Waals surface area contributed by atoms with Crippen molar-refractivity contribution in [1.29, 1.82) is 0 Å². The molecular weight excluding hydrogens is 273 g/mol. The molecular formula is C13H17Cl2NO2. The molecule has 100 valence electrons. The van der Waals surface area contributed by atoms with E-state index in [2.05, 4.69) is 13.8 Å². The minimum Gasteiger partial charge on any atom is -0.258 e. The van der Waals surface area contributed by atoms with Crippen LogP contribution in [0.3, 0.4) is 0 Å². The molecule has 0 aliphatic carbocycles. The summed E-state index contributed by atoms with van der Waals surface area (Å²) in [5.74, 6) is 0.542. The van der Waals surface area contributed by atoms with E-state index in [0.29, 0.717) is 22.9 Å². The van der Waals surface area contributed by atoms with Gasteiger partial charge in [0.25, 0.3) is 5.69 Å². The molecule has 18 heavy (non-hydrogen) atoms. The Morgan fingerprint density at radius 3 is 2.39 bits per heavy atom. The molecule has 0 amide bonds. The molecule has 3 nitrogen and oxygen atoms in total. The van der Waals surface area contributed by atoms with Gasteiger partial charge < -0.3 is 0 Å². The number of hydrogen-bond donors (Lipinski definition) is 0. The third-order valence-electron chi connectivity index (χ3n) is 3.14. The predicted molar refractivity (Wildman–Crippen MR) is 75.5 cm³/mol. The average Bonchev–Trinajstić information content (AvgIpc) is 2.24. The number of hydrogen-bond acceptors (Lipinski definition) is 2. The Morgan fingerprint density at radius 2 is 1.94 bits per heavy atom. The number of benzene rings is 1. The lowest BCUT2D eigenvalue weighted by molar-refractivity contribution is -0.385. The largest absolute Gasteiger partial charge is 0.272 e. The van der Waals surface area contributed by atoms with E-state index in [1.54, 1.807) is 6.07 Å². The van der Waals surface area contributed by atoms with Gasteiger partial charge in [-0.05, 0) is 37.3 Å². The van der Waals surface area contributed by atoms with Crippen LogP contribution in [0.4, 0.5) is 5.69 Å².